The lowest BCUT2D eigenvalue weighted by Gasteiger charge is -2.46. The maximum absolute atomic E-state index is 6.22. The summed E-state index contributed by atoms with van der Waals surface area (Å²) in [4.78, 5) is 8.73. The highest BCUT2D eigenvalue weighted by Gasteiger charge is 2.52. The summed E-state index contributed by atoms with van der Waals surface area (Å²) in [6.07, 6.45) is 6.38. The van der Waals surface area contributed by atoms with Gasteiger partial charge in [-0.05, 0) is 25.7 Å². The number of nitrogens with zero attached hydrogens (tertiary/aromatic N) is 2. The van der Waals surface area contributed by atoms with E-state index < -0.39 is 0 Å². The van der Waals surface area contributed by atoms with Gasteiger partial charge >= 0.3 is 0 Å². The molecule has 0 radical (unpaired) electrons. The van der Waals surface area contributed by atoms with Crippen molar-refractivity contribution in [3.63, 3.8) is 0 Å². The van der Waals surface area contributed by atoms with Gasteiger partial charge in [-0.2, -0.15) is 0 Å². The summed E-state index contributed by atoms with van der Waals surface area (Å²) in [7, 11) is 0. The van der Waals surface area contributed by atoms with Gasteiger partial charge in [0.15, 0.2) is 0 Å². The predicted octanol–water partition coefficient (Wildman–Crippen LogP) is 0.492. The summed E-state index contributed by atoms with van der Waals surface area (Å²) in [5.74, 6) is 1.52. The van der Waals surface area contributed by atoms with Crippen LogP contribution in [0.25, 0.3) is 0 Å². The fourth-order valence-electron chi connectivity index (χ4n) is 3.57. The Kier molecular flexibility index (Phi) is 2.32. The van der Waals surface area contributed by atoms with Crippen LogP contribution in [-0.2, 0) is 17.6 Å². The van der Waals surface area contributed by atoms with Crippen molar-refractivity contribution in [1.82, 2.24) is 9.97 Å². The van der Waals surface area contributed by atoms with Gasteiger partial charge in [0.25, 0.3) is 0 Å². The molecule has 96 valence electrons. The molecule has 0 bridgehead atoms. The van der Waals surface area contributed by atoms with Gasteiger partial charge in [0.1, 0.15) is 12.1 Å². The second kappa shape index (κ2) is 3.90. The number of fused-ring (bicyclic) bond motifs is 2. The number of aromatic nitrogens is 2. The predicted molar refractivity (Wildman–Crippen MR) is 67.3 cm³/mol. The van der Waals surface area contributed by atoms with Crippen LogP contribution in [0.2, 0.25) is 0 Å². The van der Waals surface area contributed by atoms with Crippen LogP contribution < -0.4 is 11.1 Å². The van der Waals surface area contributed by atoms with Gasteiger partial charge in [0.2, 0.25) is 0 Å². The Morgan fingerprint density at radius 1 is 1.33 bits per heavy atom. The van der Waals surface area contributed by atoms with E-state index in [1.165, 1.54) is 17.7 Å². The van der Waals surface area contributed by atoms with Gasteiger partial charge in [-0.25, -0.2) is 9.97 Å². The zero-order chi connectivity index (χ0) is 12.1. The summed E-state index contributed by atoms with van der Waals surface area (Å²) >= 11 is 0. The van der Waals surface area contributed by atoms with E-state index in [4.69, 9.17) is 10.5 Å². The van der Waals surface area contributed by atoms with Gasteiger partial charge in [-0.15, -0.1) is 0 Å². The van der Waals surface area contributed by atoms with Crippen LogP contribution in [0.15, 0.2) is 6.33 Å². The van der Waals surface area contributed by atoms with E-state index in [-0.39, 0.29) is 18.2 Å². The van der Waals surface area contributed by atoms with Crippen LogP contribution in [0.1, 0.15) is 24.1 Å². The van der Waals surface area contributed by atoms with Crippen molar-refractivity contribution >= 4 is 5.82 Å². The number of aryl methyl sites for hydroxylation is 1. The van der Waals surface area contributed by atoms with E-state index in [9.17, 15) is 0 Å². The zero-order valence-electron chi connectivity index (χ0n) is 10.3. The Morgan fingerprint density at radius 2 is 2.28 bits per heavy atom. The first-order valence-corrected chi connectivity index (χ1v) is 6.81. The van der Waals surface area contributed by atoms with Crippen molar-refractivity contribution in [3.05, 3.63) is 17.6 Å². The lowest BCUT2D eigenvalue weighted by atomic mass is 9.72. The van der Waals surface area contributed by atoms with Crippen LogP contribution in [0, 0.1) is 5.92 Å². The van der Waals surface area contributed by atoms with E-state index in [0.29, 0.717) is 5.92 Å². The van der Waals surface area contributed by atoms with Crippen LogP contribution in [-0.4, -0.2) is 34.8 Å². The molecule has 3 aliphatic rings. The van der Waals surface area contributed by atoms with Crippen molar-refractivity contribution in [2.45, 2.75) is 43.9 Å². The van der Waals surface area contributed by atoms with Crippen LogP contribution in [0.4, 0.5) is 5.82 Å². The molecule has 1 aromatic heterocycles. The molecule has 2 aliphatic carbocycles. The fourth-order valence-corrected chi connectivity index (χ4v) is 3.57. The molecule has 3 N–H and O–H groups in total. The molecule has 2 heterocycles. The summed E-state index contributed by atoms with van der Waals surface area (Å²) in [5.41, 5.74) is 8.70. The zero-order valence-corrected chi connectivity index (χ0v) is 10.3. The first-order valence-electron chi connectivity index (χ1n) is 6.81. The van der Waals surface area contributed by atoms with Gasteiger partial charge in [0, 0.05) is 29.8 Å². The van der Waals surface area contributed by atoms with E-state index in [1.54, 1.807) is 6.33 Å². The van der Waals surface area contributed by atoms with E-state index >= 15 is 0 Å². The SMILES string of the molecule is NC1C2CCOC2C1Nc1ncnc2c1CCC2. The largest absolute Gasteiger partial charge is 0.376 e. The molecule has 4 unspecified atom stereocenters. The molecule has 18 heavy (non-hydrogen) atoms. The normalized spacial score (nSPS) is 36.9. The maximum atomic E-state index is 6.22. The maximum Gasteiger partial charge on any atom is 0.133 e. The average molecular weight is 246 g/mol. The Labute approximate surface area is 106 Å². The second-order valence-corrected chi connectivity index (χ2v) is 5.54. The number of nitrogens with one attached hydrogen (secondary N) is 1. The minimum absolute atomic E-state index is 0.199. The smallest absolute Gasteiger partial charge is 0.133 e. The first kappa shape index (κ1) is 10.7. The van der Waals surface area contributed by atoms with Crippen molar-refractivity contribution in [2.24, 2.45) is 11.7 Å². The highest BCUT2D eigenvalue weighted by atomic mass is 16.5. The quantitative estimate of drug-likeness (QED) is 0.794. The average Bonchev–Trinajstić information content (AvgIpc) is 3.02. The Morgan fingerprint density at radius 3 is 3.22 bits per heavy atom. The summed E-state index contributed by atoms with van der Waals surface area (Å²) < 4.78 is 5.74. The molecule has 1 saturated heterocycles. The van der Waals surface area contributed by atoms with E-state index in [1.807, 2.05) is 0 Å². The lowest BCUT2D eigenvalue weighted by molar-refractivity contribution is 0.00521. The second-order valence-electron chi connectivity index (χ2n) is 5.54. The molecule has 1 saturated carbocycles. The minimum atomic E-state index is 0.199. The van der Waals surface area contributed by atoms with E-state index in [2.05, 4.69) is 15.3 Å². The van der Waals surface area contributed by atoms with Gasteiger partial charge in [-0.3, -0.25) is 0 Å². The molecule has 0 aromatic carbocycles. The Bertz CT molecular complexity index is 478. The topological polar surface area (TPSA) is 73.1 Å². The number of anilines is 1. The van der Waals surface area contributed by atoms with Crippen LogP contribution in [0.3, 0.4) is 0 Å². The molecule has 5 heteroatoms. The molecule has 2 fully saturated rings. The molecular formula is C13H18N4O. The van der Waals surface area contributed by atoms with Crippen molar-refractivity contribution in [2.75, 3.05) is 11.9 Å². The van der Waals surface area contributed by atoms with Crippen molar-refractivity contribution in [3.8, 4) is 0 Å². The Balaban J connectivity index is 1.57. The molecule has 1 aromatic rings. The standard InChI is InChI=1S/C13H18N4O/c14-10-8-4-5-18-12(8)11(10)17-13-7-2-1-3-9(7)15-6-16-13/h6,8,10-12H,1-5,14H2,(H,15,16,17). The van der Waals surface area contributed by atoms with Crippen molar-refractivity contribution in [1.29, 1.82) is 0 Å². The van der Waals surface area contributed by atoms with Crippen LogP contribution >= 0.6 is 0 Å². The minimum Gasteiger partial charge on any atom is -0.376 e. The summed E-state index contributed by atoms with van der Waals surface area (Å²) in [5, 5.41) is 3.50. The number of rotatable bonds is 2. The van der Waals surface area contributed by atoms with Gasteiger partial charge < -0.3 is 15.8 Å². The fraction of sp³-hybridized carbons (Fsp3) is 0.692. The van der Waals surface area contributed by atoms with Crippen LogP contribution in [0.5, 0.6) is 0 Å². The molecule has 0 amide bonds. The lowest BCUT2D eigenvalue weighted by Crippen LogP contribution is -2.65. The van der Waals surface area contributed by atoms with Gasteiger partial charge in [0.05, 0.1) is 12.1 Å². The molecule has 0 spiro atoms. The molecular weight excluding hydrogens is 228 g/mol. The molecule has 1 aliphatic heterocycles. The first-order chi connectivity index (χ1) is 8.84. The number of hydrogen-bond acceptors (Lipinski definition) is 5. The monoisotopic (exact) mass is 246 g/mol. The molecule has 4 rings (SSSR count). The van der Waals surface area contributed by atoms with Gasteiger partial charge in [-0.1, -0.05) is 0 Å². The van der Waals surface area contributed by atoms with Crippen molar-refractivity contribution < 1.29 is 4.74 Å². The van der Waals surface area contributed by atoms with E-state index in [0.717, 1.165) is 31.7 Å². The third-order valence-electron chi connectivity index (χ3n) is 4.62. The third-order valence-corrected chi connectivity index (χ3v) is 4.62. The molecule has 5 nitrogen and oxygen atoms in total. The molecule has 4 atom stereocenters. The number of ether oxygens (including phenoxy) is 1. The highest BCUT2D eigenvalue weighted by molar-refractivity contribution is 5.50. The third kappa shape index (κ3) is 1.40. The number of hydrogen-bond donors (Lipinski definition) is 2. The summed E-state index contributed by atoms with van der Waals surface area (Å²) in [6, 6.07) is 0.418. The highest BCUT2D eigenvalue weighted by Crippen LogP contribution is 2.39. The summed E-state index contributed by atoms with van der Waals surface area (Å²) in [6.45, 7) is 0.850. The Hall–Kier alpha value is -1.20. The number of nitrogens with two attached hydrogens (primary N) is 1.